The Morgan fingerprint density at radius 2 is 2.18 bits per heavy atom. The van der Waals surface area contributed by atoms with Crippen molar-refractivity contribution < 1.29 is 14.6 Å². The fraction of sp³-hybridized carbons (Fsp3) is 0.417. The number of carboxylic acid groups (broad SMARTS) is 1. The van der Waals surface area contributed by atoms with Crippen molar-refractivity contribution in [3.8, 4) is 5.75 Å². The van der Waals surface area contributed by atoms with Gasteiger partial charge >= 0.3 is 5.97 Å². The van der Waals surface area contributed by atoms with Crippen LogP contribution in [0, 0.1) is 6.92 Å². The maximum atomic E-state index is 11.3. The van der Waals surface area contributed by atoms with Gasteiger partial charge in [0.2, 0.25) is 0 Å². The predicted molar refractivity (Wildman–Crippen MR) is 66.5 cm³/mol. The van der Waals surface area contributed by atoms with Gasteiger partial charge < -0.3 is 15.6 Å². The Morgan fingerprint density at radius 1 is 1.59 bits per heavy atom. The molecule has 0 aliphatic carbocycles. The number of benzene rings is 1. The molecule has 1 aromatic rings. The van der Waals surface area contributed by atoms with Crippen LogP contribution in [0.2, 0.25) is 5.02 Å². The third-order valence-corrected chi connectivity index (χ3v) is 3.31. The van der Waals surface area contributed by atoms with Crippen molar-refractivity contribution in [1.29, 1.82) is 0 Å². The van der Waals surface area contributed by atoms with Crippen LogP contribution in [0.25, 0.3) is 0 Å². The molecule has 0 saturated carbocycles. The first-order chi connectivity index (χ1) is 7.86. The van der Waals surface area contributed by atoms with Crippen LogP contribution in [-0.2, 0) is 10.3 Å². The van der Waals surface area contributed by atoms with Crippen LogP contribution in [0.3, 0.4) is 0 Å². The maximum Gasteiger partial charge on any atom is 0.328 e. The van der Waals surface area contributed by atoms with Crippen LogP contribution in [0.5, 0.6) is 5.75 Å². The van der Waals surface area contributed by atoms with Crippen LogP contribution in [0.1, 0.15) is 24.5 Å². The Morgan fingerprint density at radius 3 is 2.59 bits per heavy atom. The van der Waals surface area contributed by atoms with Gasteiger partial charge in [0.15, 0.2) is 0 Å². The summed E-state index contributed by atoms with van der Waals surface area (Å²) in [4.78, 5) is 11.3. The van der Waals surface area contributed by atoms with E-state index >= 15 is 0 Å². The van der Waals surface area contributed by atoms with Crippen LogP contribution >= 0.6 is 11.6 Å². The summed E-state index contributed by atoms with van der Waals surface area (Å²) < 4.78 is 5.18. The van der Waals surface area contributed by atoms with Gasteiger partial charge in [0.1, 0.15) is 11.3 Å². The largest absolute Gasteiger partial charge is 0.496 e. The van der Waals surface area contributed by atoms with Crippen LogP contribution in [0.4, 0.5) is 0 Å². The van der Waals surface area contributed by atoms with Gasteiger partial charge in [-0.3, -0.25) is 0 Å². The van der Waals surface area contributed by atoms with E-state index in [2.05, 4.69) is 0 Å². The van der Waals surface area contributed by atoms with Crippen LogP contribution < -0.4 is 10.5 Å². The second kappa shape index (κ2) is 4.94. The van der Waals surface area contributed by atoms with E-state index in [1.165, 1.54) is 7.11 Å². The Kier molecular flexibility index (Phi) is 4.01. The number of hydrogen-bond donors (Lipinski definition) is 2. The summed E-state index contributed by atoms with van der Waals surface area (Å²) in [5.41, 5.74) is 5.65. The fourth-order valence-electron chi connectivity index (χ4n) is 1.63. The highest BCUT2D eigenvalue weighted by atomic mass is 35.5. The van der Waals surface area contributed by atoms with Gasteiger partial charge in [0.25, 0.3) is 0 Å². The standard InChI is InChI=1S/C12H16ClNO3/c1-4-12(14,11(15)16)8-6-9(13)7(2)5-10(8)17-3/h5-6H,4,14H2,1-3H3,(H,15,16). The molecule has 0 radical (unpaired) electrons. The molecule has 1 unspecified atom stereocenters. The van der Waals surface area contributed by atoms with Crippen molar-refractivity contribution in [2.45, 2.75) is 25.8 Å². The van der Waals surface area contributed by atoms with Crippen molar-refractivity contribution in [3.63, 3.8) is 0 Å². The fourth-order valence-corrected chi connectivity index (χ4v) is 1.79. The van der Waals surface area contributed by atoms with Gasteiger partial charge in [-0.25, -0.2) is 4.79 Å². The average Bonchev–Trinajstić information content (AvgIpc) is 2.30. The summed E-state index contributed by atoms with van der Waals surface area (Å²) >= 11 is 6.01. The minimum atomic E-state index is -1.48. The van der Waals surface area contributed by atoms with Crippen molar-refractivity contribution in [1.82, 2.24) is 0 Å². The van der Waals surface area contributed by atoms with E-state index < -0.39 is 11.5 Å². The summed E-state index contributed by atoms with van der Waals surface area (Å²) in [6.07, 6.45) is 0.248. The molecule has 4 nitrogen and oxygen atoms in total. The molecule has 1 atom stereocenters. The van der Waals surface area contributed by atoms with E-state index in [0.29, 0.717) is 16.3 Å². The van der Waals surface area contributed by atoms with Gasteiger partial charge in [-0.15, -0.1) is 0 Å². The number of nitrogens with two attached hydrogens (primary N) is 1. The first-order valence-electron chi connectivity index (χ1n) is 5.23. The molecule has 3 N–H and O–H groups in total. The number of rotatable bonds is 4. The summed E-state index contributed by atoms with van der Waals surface area (Å²) in [5.74, 6) is -0.656. The molecule has 0 amide bonds. The molecule has 17 heavy (non-hydrogen) atoms. The molecule has 1 aromatic carbocycles. The lowest BCUT2D eigenvalue weighted by atomic mass is 9.87. The van der Waals surface area contributed by atoms with Crippen molar-refractivity contribution in [3.05, 3.63) is 28.3 Å². The second-order valence-corrected chi connectivity index (χ2v) is 4.34. The Balaban J connectivity index is 3.48. The lowest BCUT2D eigenvalue weighted by Gasteiger charge is -2.26. The summed E-state index contributed by atoms with van der Waals surface area (Å²) in [5, 5.41) is 9.72. The normalized spacial score (nSPS) is 14.2. The second-order valence-electron chi connectivity index (χ2n) is 3.93. The molecule has 0 spiro atoms. The average molecular weight is 258 g/mol. The number of ether oxygens (including phenoxy) is 1. The zero-order valence-corrected chi connectivity index (χ0v) is 10.8. The molecule has 1 rings (SSSR count). The minimum Gasteiger partial charge on any atom is -0.496 e. The monoisotopic (exact) mass is 257 g/mol. The van der Waals surface area contributed by atoms with E-state index in [4.69, 9.17) is 22.1 Å². The van der Waals surface area contributed by atoms with Crippen molar-refractivity contribution in [2.75, 3.05) is 7.11 Å². The quantitative estimate of drug-likeness (QED) is 0.868. The molecular weight excluding hydrogens is 242 g/mol. The number of halogens is 1. The highest BCUT2D eigenvalue weighted by Gasteiger charge is 2.37. The molecule has 0 saturated heterocycles. The first kappa shape index (κ1) is 13.8. The number of aryl methyl sites for hydroxylation is 1. The summed E-state index contributed by atoms with van der Waals surface area (Å²) in [7, 11) is 1.48. The number of hydrogen-bond acceptors (Lipinski definition) is 3. The third-order valence-electron chi connectivity index (χ3n) is 2.90. The Labute approximate surface area is 105 Å². The molecule has 94 valence electrons. The third kappa shape index (κ3) is 2.37. The Hall–Kier alpha value is -1.26. The molecule has 0 aliphatic rings. The lowest BCUT2D eigenvalue weighted by Crippen LogP contribution is -2.44. The van der Waals surface area contributed by atoms with Gasteiger partial charge in [0, 0.05) is 10.6 Å². The molecule has 0 bridgehead atoms. The molecule has 0 aliphatic heterocycles. The molecular formula is C12H16ClNO3. The number of carbonyl (C=O) groups is 1. The molecule has 0 heterocycles. The zero-order chi connectivity index (χ0) is 13.2. The van der Waals surface area contributed by atoms with Gasteiger partial charge in [-0.1, -0.05) is 18.5 Å². The first-order valence-corrected chi connectivity index (χ1v) is 5.61. The summed E-state index contributed by atoms with van der Waals surface area (Å²) in [6.45, 7) is 3.53. The SMILES string of the molecule is CCC(N)(C(=O)O)c1cc(Cl)c(C)cc1OC. The zero-order valence-electron chi connectivity index (χ0n) is 10.1. The van der Waals surface area contributed by atoms with Gasteiger partial charge in [-0.05, 0) is 31.0 Å². The van der Waals surface area contributed by atoms with Gasteiger partial charge in [0.05, 0.1) is 7.11 Å². The van der Waals surface area contributed by atoms with Crippen molar-refractivity contribution >= 4 is 17.6 Å². The van der Waals surface area contributed by atoms with Crippen molar-refractivity contribution in [2.24, 2.45) is 5.73 Å². The number of aliphatic carboxylic acids is 1. The predicted octanol–water partition coefficient (Wildman–Crippen LogP) is 2.31. The molecule has 0 aromatic heterocycles. The Bertz CT molecular complexity index is 448. The van der Waals surface area contributed by atoms with E-state index in [1.54, 1.807) is 19.1 Å². The van der Waals surface area contributed by atoms with Crippen LogP contribution in [-0.4, -0.2) is 18.2 Å². The van der Waals surface area contributed by atoms with E-state index in [1.807, 2.05) is 6.92 Å². The molecule has 5 heteroatoms. The smallest absolute Gasteiger partial charge is 0.328 e. The van der Waals surface area contributed by atoms with E-state index in [0.717, 1.165) is 5.56 Å². The van der Waals surface area contributed by atoms with E-state index in [-0.39, 0.29) is 6.42 Å². The van der Waals surface area contributed by atoms with Gasteiger partial charge in [-0.2, -0.15) is 0 Å². The van der Waals surface area contributed by atoms with Crippen LogP contribution in [0.15, 0.2) is 12.1 Å². The molecule has 0 fully saturated rings. The number of carboxylic acids is 1. The number of methoxy groups -OCH3 is 1. The minimum absolute atomic E-state index is 0.248. The van der Waals surface area contributed by atoms with E-state index in [9.17, 15) is 9.90 Å². The highest BCUT2D eigenvalue weighted by molar-refractivity contribution is 6.31. The highest BCUT2D eigenvalue weighted by Crippen LogP contribution is 2.35. The maximum absolute atomic E-state index is 11.3. The summed E-state index contributed by atoms with van der Waals surface area (Å²) in [6, 6.07) is 3.26. The lowest BCUT2D eigenvalue weighted by molar-refractivity contribution is -0.143. The topological polar surface area (TPSA) is 72.6 Å².